The van der Waals surface area contributed by atoms with Crippen molar-refractivity contribution in [2.24, 2.45) is 0 Å². The van der Waals surface area contributed by atoms with E-state index in [1.165, 1.54) is 19.1 Å². The Bertz CT molecular complexity index is 634. The summed E-state index contributed by atoms with van der Waals surface area (Å²) in [6, 6.07) is 3.46. The minimum atomic E-state index is -3.89. The minimum Gasteiger partial charge on any atom is -0.389 e. The highest BCUT2D eigenvalue weighted by Crippen LogP contribution is 2.26. The number of rotatable bonds is 3. The van der Waals surface area contributed by atoms with Crippen molar-refractivity contribution in [2.45, 2.75) is 24.0 Å². The van der Waals surface area contributed by atoms with Gasteiger partial charge in [0.25, 0.3) is 5.69 Å². The van der Waals surface area contributed by atoms with E-state index in [9.17, 15) is 28.7 Å². The van der Waals surface area contributed by atoms with Crippen LogP contribution in [0.3, 0.4) is 0 Å². The average molecular weight is 302 g/mol. The monoisotopic (exact) mass is 302 g/mol. The van der Waals surface area contributed by atoms with Crippen LogP contribution in [0.5, 0.6) is 0 Å². The van der Waals surface area contributed by atoms with Crippen molar-refractivity contribution in [3.8, 4) is 0 Å². The normalized spacial score (nSPS) is 23.9. The largest absolute Gasteiger partial charge is 0.389 e. The van der Waals surface area contributed by atoms with Crippen LogP contribution < -0.4 is 0 Å². The van der Waals surface area contributed by atoms with Crippen LogP contribution in [-0.2, 0) is 10.0 Å². The summed E-state index contributed by atoms with van der Waals surface area (Å²) in [5, 5.41) is 29.5. The number of hydrogen-bond donors (Lipinski definition) is 2. The standard InChI is InChI=1S/C11H14N2O6S/c1-7-4-8(13(16)17)2-3-11(7)20(18,19)12-5-9(14)10(15)6-12/h2-4,9-10,14-15H,5-6H2,1H3. The van der Waals surface area contributed by atoms with Crippen LogP contribution in [0.15, 0.2) is 23.1 Å². The number of aryl methyl sites for hydroxylation is 1. The predicted molar refractivity (Wildman–Crippen MR) is 68.6 cm³/mol. The number of aliphatic hydroxyl groups excluding tert-OH is 2. The number of hydrogen-bond acceptors (Lipinski definition) is 6. The van der Waals surface area contributed by atoms with Crippen LogP contribution in [0.1, 0.15) is 5.56 Å². The number of benzene rings is 1. The van der Waals surface area contributed by atoms with Crippen molar-refractivity contribution in [1.29, 1.82) is 0 Å². The Kier molecular flexibility index (Phi) is 3.78. The molecule has 110 valence electrons. The van der Waals surface area contributed by atoms with E-state index in [-0.39, 0.29) is 29.2 Å². The summed E-state index contributed by atoms with van der Waals surface area (Å²) in [5.41, 5.74) is 0.0537. The summed E-state index contributed by atoms with van der Waals surface area (Å²) in [4.78, 5) is 9.97. The van der Waals surface area contributed by atoms with Gasteiger partial charge in [0, 0.05) is 25.2 Å². The first-order valence-electron chi connectivity index (χ1n) is 5.85. The summed E-state index contributed by atoms with van der Waals surface area (Å²) >= 11 is 0. The third-order valence-corrected chi connectivity index (χ3v) is 5.20. The fraction of sp³-hybridized carbons (Fsp3) is 0.455. The molecule has 1 saturated heterocycles. The van der Waals surface area contributed by atoms with Gasteiger partial charge in [-0.3, -0.25) is 10.1 Å². The van der Waals surface area contributed by atoms with Crippen molar-refractivity contribution in [3.63, 3.8) is 0 Å². The van der Waals surface area contributed by atoms with Crippen LogP contribution in [0.2, 0.25) is 0 Å². The number of nitrogens with zero attached hydrogens (tertiary/aromatic N) is 2. The summed E-state index contributed by atoms with van der Waals surface area (Å²) in [6.45, 7) is 1.07. The molecular formula is C11H14N2O6S. The van der Waals surface area contributed by atoms with Crippen LogP contribution in [0.4, 0.5) is 5.69 Å². The lowest BCUT2D eigenvalue weighted by molar-refractivity contribution is -0.385. The molecule has 20 heavy (non-hydrogen) atoms. The second-order valence-corrected chi connectivity index (χ2v) is 6.57. The first-order valence-corrected chi connectivity index (χ1v) is 7.29. The van der Waals surface area contributed by atoms with Gasteiger partial charge < -0.3 is 10.2 Å². The molecule has 2 unspecified atom stereocenters. The molecule has 0 amide bonds. The Labute approximate surface area is 115 Å². The number of nitro benzene ring substituents is 1. The van der Waals surface area contributed by atoms with Crippen LogP contribution >= 0.6 is 0 Å². The highest BCUT2D eigenvalue weighted by Gasteiger charge is 2.38. The zero-order chi connectivity index (χ0) is 15.1. The molecule has 1 aliphatic heterocycles. The van der Waals surface area contributed by atoms with Gasteiger partial charge in [0.1, 0.15) is 0 Å². The molecule has 2 N–H and O–H groups in total. The zero-order valence-corrected chi connectivity index (χ0v) is 11.4. The molecule has 2 atom stereocenters. The Morgan fingerprint density at radius 1 is 1.30 bits per heavy atom. The van der Waals surface area contributed by atoms with Crippen molar-refractivity contribution in [2.75, 3.05) is 13.1 Å². The van der Waals surface area contributed by atoms with Crippen molar-refractivity contribution in [1.82, 2.24) is 4.31 Å². The lowest BCUT2D eigenvalue weighted by atomic mass is 10.2. The molecular weight excluding hydrogens is 288 g/mol. The summed E-state index contributed by atoms with van der Waals surface area (Å²) in [6.07, 6.45) is -2.24. The Morgan fingerprint density at radius 3 is 2.30 bits per heavy atom. The topological polar surface area (TPSA) is 121 Å². The molecule has 1 aliphatic rings. The second-order valence-electron chi connectivity index (χ2n) is 4.66. The highest BCUT2D eigenvalue weighted by atomic mass is 32.2. The van der Waals surface area contributed by atoms with Gasteiger partial charge in [-0.15, -0.1) is 0 Å². The van der Waals surface area contributed by atoms with Crippen LogP contribution in [0, 0.1) is 17.0 Å². The summed E-state index contributed by atoms with van der Waals surface area (Å²) in [5.74, 6) is 0. The lowest BCUT2D eigenvalue weighted by Crippen LogP contribution is -2.30. The zero-order valence-electron chi connectivity index (χ0n) is 10.6. The molecule has 0 radical (unpaired) electrons. The Balaban J connectivity index is 2.38. The maximum Gasteiger partial charge on any atom is 0.269 e. The molecule has 0 spiro atoms. The molecule has 0 aliphatic carbocycles. The maximum atomic E-state index is 12.4. The Morgan fingerprint density at radius 2 is 1.85 bits per heavy atom. The lowest BCUT2D eigenvalue weighted by Gasteiger charge is -2.16. The molecule has 1 heterocycles. The van der Waals surface area contributed by atoms with Gasteiger partial charge in [0.15, 0.2) is 0 Å². The highest BCUT2D eigenvalue weighted by molar-refractivity contribution is 7.89. The van der Waals surface area contributed by atoms with E-state index in [0.29, 0.717) is 0 Å². The van der Waals surface area contributed by atoms with E-state index in [1.54, 1.807) is 0 Å². The van der Waals surface area contributed by atoms with Crippen molar-refractivity contribution < 1.29 is 23.6 Å². The van der Waals surface area contributed by atoms with E-state index >= 15 is 0 Å². The fourth-order valence-corrected chi connectivity index (χ4v) is 3.79. The third-order valence-electron chi connectivity index (χ3n) is 3.21. The number of aliphatic hydroxyl groups is 2. The van der Waals surface area contributed by atoms with Crippen molar-refractivity contribution in [3.05, 3.63) is 33.9 Å². The van der Waals surface area contributed by atoms with Crippen LogP contribution in [-0.4, -0.2) is 53.2 Å². The predicted octanol–water partition coefficient (Wildman–Crippen LogP) is -0.371. The van der Waals surface area contributed by atoms with Crippen LogP contribution in [0.25, 0.3) is 0 Å². The number of sulfonamides is 1. The minimum absolute atomic E-state index is 0.0654. The average Bonchev–Trinajstić information content (AvgIpc) is 2.69. The van der Waals surface area contributed by atoms with E-state index in [2.05, 4.69) is 0 Å². The Hall–Kier alpha value is -1.55. The fourth-order valence-electron chi connectivity index (χ4n) is 2.11. The van der Waals surface area contributed by atoms with Crippen molar-refractivity contribution >= 4 is 15.7 Å². The molecule has 0 saturated carbocycles. The molecule has 1 aromatic carbocycles. The van der Waals surface area contributed by atoms with Gasteiger partial charge in [-0.2, -0.15) is 4.31 Å². The van der Waals surface area contributed by atoms with Gasteiger partial charge in [-0.1, -0.05) is 0 Å². The molecule has 1 fully saturated rings. The molecule has 2 rings (SSSR count). The van der Waals surface area contributed by atoms with E-state index < -0.39 is 27.2 Å². The van der Waals surface area contributed by atoms with Gasteiger partial charge in [-0.25, -0.2) is 8.42 Å². The van der Waals surface area contributed by atoms with E-state index in [0.717, 1.165) is 10.4 Å². The van der Waals surface area contributed by atoms with E-state index in [1.807, 2.05) is 0 Å². The van der Waals surface area contributed by atoms with Gasteiger partial charge in [0.05, 0.1) is 22.0 Å². The van der Waals surface area contributed by atoms with Gasteiger partial charge >= 0.3 is 0 Å². The quantitative estimate of drug-likeness (QED) is 0.580. The number of nitro groups is 1. The molecule has 1 aromatic rings. The van der Waals surface area contributed by atoms with Gasteiger partial charge in [-0.05, 0) is 18.6 Å². The number of β-amino-alcohol motifs (C(OH)–C–C–N with tert-alkyl or cyclic N) is 2. The first kappa shape index (κ1) is 14.9. The maximum absolute atomic E-state index is 12.4. The van der Waals surface area contributed by atoms with E-state index in [4.69, 9.17) is 0 Å². The molecule has 8 nitrogen and oxygen atoms in total. The summed E-state index contributed by atoms with van der Waals surface area (Å²) < 4.78 is 25.7. The first-order chi connectivity index (χ1) is 9.23. The third kappa shape index (κ3) is 2.52. The summed E-state index contributed by atoms with van der Waals surface area (Å²) in [7, 11) is -3.89. The SMILES string of the molecule is Cc1cc([N+](=O)[O-])ccc1S(=O)(=O)N1CC(O)C(O)C1. The number of non-ortho nitro benzene ring substituents is 1. The van der Waals surface area contributed by atoms with Gasteiger partial charge in [0.2, 0.25) is 10.0 Å². The molecule has 0 bridgehead atoms. The second kappa shape index (κ2) is 5.09. The molecule has 9 heteroatoms. The smallest absolute Gasteiger partial charge is 0.269 e. The molecule has 0 aromatic heterocycles.